The van der Waals surface area contributed by atoms with Gasteiger partial charge in [-0.3, -0.25) is 14.9 Å². The fraction of sp³-hybridized carbons (Fsp3) is 0.235. The van der Waals surface area contributed by atoms with E-state index in [-0.39, 0.29) is 22.7 Å². The van der Waals surface area contributed by atoms with Crippen LogP contribution >= 0.6 is 0 Å². The van der Waals surface area contributed by atoms with Gasteiger partial charge in [0.1, 0.15) is 5.56 Å². The molecule has 0 spiro atoms. The Bertz CT molecular complexity index is 955. The van der Waals surface area contributed by atoms with E-state index in [1.807, 2.05) is 0 Å². The Hall–Kier alpha value is -2.78. The van der Waals surface area contributed by atoms with Gasteiger partial charge in [0.15, 0.2) is 0 Å². The quantitative estimate of drug-likeness (QED) is 0.612. The van der Waals surface area contributed by atoms with Crippen molar-refractivity contribution in [2.24, 2.45) is 0 Å². The van der Waals surface area contributed by atoms with Crippen LogP contribution in [0.15, 0.2) is 47.4 Å². The number of nitro groups is 1. The van der Waals surface area contributed by atoms with Gasteiger partial charge in [0, 0.05) is 26.2 Å². The minimum Gasteiger partial charge on any atom is -0.348 e. The molecule has 0 aliphatic heterocycles. The van der Waals surface area contributed by atoms with Crippen LogP contribution in [0, 0.1) is 17.0 Å². The molecule has 0 bridgehead atoms. The number of hydrogen-bond acceptors (Lipinski definition) is 5. The van der Waals surface area contributed by atoms with Crippen LogP contribution in [0.5, 0.6) is 0 Å². The zero-order valence-corrected chi connectivity index (χ0v) is 15.4. The van der Waals surface area contributed by atoms with Crippen LogP contribution in [0.2, 0.25) is 0 Å². The van der Waals surface area contributed by atoms with Crippen molar-refractivity contribution in [2.75, 3.05) is 14.1 Å². The summed E-state index contributed by atoms with van der Waals surface area (Å²) in [4.78, 5) is 23.1. The Morgan fingerprint density at radius 1 is 1.15 bits per heavy atom. The van der Waals surface area contributed by atoms with Gasteiger partial charge in [-0.15, -0.1) is 0 Å². The molecule has 1 N–H and O–H groups in total. The molecule has 138 valence electrons. The summed E-state index contributed by atoms with van der Waals surface area (Å²) >= 11 is 0. The molecule has 0 fully saturated rings. The summed E-state index contributed by atoms with van der Waals surface area (Å²) in [6.45, 7) is 1.47. The molecule has 0 saturated heterocycles. The largest absolute Gasteiger partial charge is 0.348 e. The average Bonchev–Trinajstić information content (AvgIpc) is 2.59. The van der Waals surface area contributed by atoms with Crippen LogP contribution in [0.1, 0.15) is 21.5 Å². The van der Waals surface area contributed by atoms with Crippen molar-refractivity contribution >= 4 is 21.6 Å². The van der Waals surface area contributed by atoms with Gasteiger partial charge in [0.2, 0.25) is 10.0 Å². The molecule has 0 heterocycles. The Labute approximate surface area is 151 Å². The monoisotopic (exact) mass is 377 g/mol. The van der Waals surface area contributed by atoms with Crippen molar-refractivity contribution in [3.8, 4) is 0 Å². The van der Waals surface area contributed by atoms with Crippen molar-refractivity contribution in [2.45, 2.75) is 18.4 Å². The highest BCUT2D eigenvalue weighted by atomic mass is 32.2. The van der Waals surface area contributed by atoms with Gasteiger partial charge in [-0.1, -0.05) is 30.3 Å². The van der Waals surface area contributed by atoms with Crippen molar-refractivity contribution in [1.29, 1.82) is 0 Å². The number of nitrogens with zero attached hydrogens (tertiary/aromatic N) is 2. The molecule has 0 aliphatic carbocycles. The maximum atomic E-state index is 12.4. The second kappa shape index (κ2) is 7.63. The number of amides is 1. The predicted octanol–water partition coefficient (Wildman–Crippen LogP) is 2.08. The fourth-order valence-corrected chi connectivity index (χ4v) is 3.57. The Morgan fingerprint density at radius 3 is 2.42 bits per heavy atom. The van der Waals surface area contributed by atoms with E-state index in [9.17, 15) is 23.3 Å². The molecule has 2 rings (SSSR count). The first-order valence-corrected chi connectivity index (χ1v) is 9.13. The van der Waals surface area contributed by atoms with E-state index in [0.29, 0.717) is 11.1 Å². The van der Waals surface area contributed by atoms with Crippen LogP contribution in [-0.4, -0.2) is 37.6 Å². The van der Waals surface area contributed by atoms with Crippen LogP contribution in [-0.2, 0) is 16.6 Å². The molecule has 2 aromatic carbocycles. The number of sulfonamides is 1. The minimum absolute atomic E-state index is 0.0667. The number of hydrogen-bond donors (Lipinski definition) is 1. The van der Waals surface area contributed by atoms with E-state index in [1.54, 1.807) is 37.3 Å². The highest BCUT2D eigenvalue weighted by Gasteiger charge is 2.24. The number of nitro benzene ring substituents is 1. The van der Waals surface area contributed by atoms with Crippen LogP contribution < -0.4 is 5.32 Å². The molecule has 1 amide bonds. The van der Waals surface area contributed by atoms with E-state index >= 15 is 0 Å². The Morgan fingerprint density at radius 2 is 1.81 bits per heavy atom. The topological polar surface area (TPSA) is 110 Å². The first kappa shape index (κ1) is 19.5. The number of para-hydroxylation sites is 1. The van der Waals surface area contributed by atoms with E-state index in [1.165, 1.54) is 26.2 Å². The smallest absolute Gasteiger partial charge is 0.285 e. The van der Waals surface area contributed by atoms with Gasteiger partial charge in [-0.25, -0.2) is 12.7 Å². The number of nitrogens with one attached hydrogen (secondary N) is 1. The lowest BCUT2D eigenvalue weighted by Crippen LogP contribution is -2.27. The van der Waals surface area contributed by atoms with Crippen molar-refractivity contribution < 1.29 is 18.1 Å². The molecule has 0 atom stereocenters. The second-order valence-corrected chi connectivity index (χ2v) is 7.93. The number of aryl methyl sites for hydroxylation is 1. The number of benzene rings is 2. The van der Waals surface area contributed by atoms with Crippen molar-refractivity contribution in [3.63, 3.8) is 0 Å². The molecular weight excluding hydrogens is 358 g/mol. The van der Waals surface area contributed by atoms with Crippen molar-refractivity contribution in [3.05, 3.63) is 69.3 Å². The Kier molecular flexibility index (Phi) is 5.73. The van der Waals surface area contributed by atoms with Crippen LogP contribution in [0.4, 0.5) is 5.69 Å². The molecule has 0 radical (unpaired) electrons. The molecule has 9 heteroatoms. The summed E-state index contributed by atoms with van der Waals surface area (Å²) in [5.41, 5.74) is 0.435. The molecule has 0 unspecified atom stereocenters. The third kappa shape index (κ3) is 3.89. The standard InChI is InChI=1S/C17H19N3O5S/c1-12-7-6-9-14(16(12)20(22)23)17(21)18-11-13-8-4-5-10-15(13)26(24,25)19(2)3/h4-10H,11H2,1-3H3,(H,18,21). The third-order valence-corrected chi connectivity index (χ3v) is 5.75. The molecular formula is C17H19N3O5S. The van der Waals surface area contributed by atoms with Gasteiger partial charge in [-0.05, 0) is 24.6 Å². The zero-order chi connectivity index (χ0) is 19.5. The SMILES string of the molecule is Cc1cccc(C(=O)NCc2ccccc2S(=O)(=O)N(C)C)c1[N+](=O)[O-]. The summed E-state index contributed by atoms with van der Waals surface area (Å²) < 4.78 is 25.8. The molecule has 0 aliphatic rings. The maximum absolute atomic E-state index is 12.4. The first-order chi connectivity index (χ1) is 12.2. The van der Waals surface area contributed by atoms with Gasteiger partial charge in [-0.2, -0.15) is 0 Å². The predicted molar refractivity (Wildman–Crippen MR) is 96.3 cm³/mol. The lowest BCUT2D eigenvalue weighted by atomic mass is 10.1. The summed E-state index contributed by atoms with van der Waals surface area (Å²) in [5, 5.41) is 13.8. The van der Waals surface area contributed by atoms with Crippen LogP contribution in [0.3, 0.4) is 0 Å². The lowest BCUT2D eigenvalue weighted by Gasteiger charge is -2.15. The number of carbonyl (C=O) groups excluding carboxylic acids is 1. The Balaban J connectivity index is 2.31. The first-order valence-electron chi connectivity index (χ1n) is 7.69. The van der Waals surface area contributed by atoms with E-state index in [2.05, 4.69) is 5.32 Å². The average molecular weight is 377 g/mol. The molecule has 8 nitrogen and oxygen atoms in total. The number of rotatable bonds is 6. The minimum atomic E-state index is -3.67. The summed E-state index contributed by atoms with van der Waals surface area (Å²) in [6, 6.07) is 10.8. The van der Waals surface area contributed by atoms with Crippen molar-refractivity contribution in [1.82, 2.24) is 9.62 Å². The lowest BCUT2D eigenvalue weighted by molar-refractivity contribution is -0.385. The van der Waals surface area contributed by atoms with Crippen LogP contribution in [0.25, 0.3) is 0 Å². The van der Waals surface area contributed by atoms with E-state index < -0.39 is 20.9 Å². The van der Waals surface area contributed by atoms with E-state index in [4.69, 9.17) is 0 Å². The zero-order valence-electron chi connectivity index (χ0n) is 14.6. The summed E-state index contributed by atoms with van der Waals surface area (Å²) in [5.74, 6) is -0.641. The normalized spacial score (nSPS) is 11.4. The van der Waals surface area contributed by atoms with Gasteiger partial charge >= 0.3 is 0 Å². The van der Waals surface area contributed by atoms with Gasteiger partial charge in [0.25, 0.3) is 11.6 Å². The highest BCUT2D eigenvalue weighted by Crippen LogP contribution is 2.23. The summed E-state index contributed by atoms with van der Waals surface area (Å²) in [6.07, 6.45) is 0. The summed E-state index contributed by atoms with van der Waals surface area (Å²) in [7, 11) is -0.840. The van der Waals surface area contributed by atoms with E-state index in [0.717, 1.165) is 4.31 Å². The molecule has 0 aromatic heterocycles. The maximum Gasteiger partial charge on any atom is 0.285 e. The third-order valence-electron chi connectivity index (χ3n) is 3.84. The van der Waals surface area contributed by atoms with Gasteiger partial charge < -0.3 is 5.32 Å². The molecule has 0 saturated carbocycles. The molecule has 2 aromatic rings. The van der Waals surface area contributed by atoms with Gasteiger partial charge in [0.05, 0.1) is 9.82 Å². The molecule has 26 heavy (non-hydrogen) atoms. The second-order valence-electron chi connectivity index (χ2n) is 5.81. The highest BCUT2D eigenvalue weighted by molar-refractivity contribution is 7.89. The fourth-order valence-electron chi connectivity index (χ4n) is 2.45. The number of carbonyl (C=O) groups is 1.